The molecule has 0 nitrogen and oxygen atoms in total. The second-order valence-corrected chi connectivity index (χ2v) is 14.3. The summed E-state index contributed by atoms with van der Waals surface area (Å²) < 4.78 is 0. The summed E-state index contributed by atoms with van der Waals surface area (Å²) in [5, 5.41) is 14.4. The molecular formula is C32H30SiZr. The fourth-order valence-corrected chi connectivity index (χ4v) is 11.4. The number of hydrogen-bond donors (Lipinski definition) is 0. The molecule has 0 spiro atoms. The maximum absolute atomic E-state index is 2.48. The molecule has 0 fully saturated rings. The van der Waals surface area contributed by atoms with Gasteiger partial charge >= 0.3 is 26.2 Å². The van der Waals surface area contributed by atoms with Crippen molar-refractivity contribution in [3.05, 3.63) is 96.1 Å². The second-order valence-electron chi connectivity index (χ2n) is 9.65. The van der Waals surface area contributed by atoms with Gasteiger partial charge in [0.1, 0.15) is 8.07 Å². The van der Waals surface area contributed by atoms with Gasteiger partial charge in [-0.15, -0.1) is 78.5 Å². The standard InChI is InChI=1S/C32H30Si.Zr/c1-5-33(6-2,31-17-15-27-25-13-9-7-11-23(25)19-29(27)21(31)3)32-18-16-28-26-14-10-8-12-24(26)20-30(28)22(32)4;/h7-20H,5-6H2,1-4H3;/q-2;+2. The van der Waals surface area contributed by atoms with Gasteiger partial charge in [0.25, 0.3) is 0 Å². The van der Waals surface area contributed by atoms with E-state index in [4.69, 9.17) is 0 Å². The minimum absolute atomic E-state index is 0. The number of fused-ring (bicyclic) bond motifs is 6. The molecule has 0 saturated heterocycles. The Hall–Kier alpha value is -2.28. The fourth-order valence-electron chi connectivity index (χ4n) is 6.54. The van der Waals surface area contributed by atoms with Crippen molar-refractivity contribution in [2.75, 3.05) is 0 Å². The molecule has 0 aliphatic rings. The van der Waals surface area contributed by atoms with Gasteiger partial charge < -0.3 is 0 Å². The van der Waals surface area contributed by atoms with Crippen LogP contribution in [-0.4, -0.2) is 8.07 Å². The first-order chi connectivity index (χ1) is 16.1. The van der Waals surface area contributed by atoms with Gasteiger partial charge in [-0.1, -0.05) is 111 Å². The maximum atomic E-state index is 2.48. The Morgan fingerprint density at radius 3 is 1.38 bits per heavy atom. The predicted molar refractivity (Wildman–Crippen MR) is 150 cm³/mol. The zero-order valence-electron chi connectivity index (χ0n) is 20.5. The Morgan fingerprint density at radius 2 is 0.971 bits per heavy atom. The smallest absolute Gasteiger partial charge is 0.126 e. The van der Waals surface area contributed by atoms with E-state index in [-0.39, 0.29) is 26.2 Å². The molecule has 0 radical (unpaired) electrons. The first kappa shape index (κ1) is 23.5. The van der Waals surface area contributed by atoms with Crippen LogP contribution in [0.3, 0.4) is 0 Å². The Labute approximate surface area is 222 Å². The molecule has 2 heteroatoms. The van der Waals surface area contributed by atoms with Gasteiger partial charge in [0.2, 0.25) is 0 Å². The van der Waals surface area contributed by atoms with E-state index in [9.17, 15) is 0 Å². The Kier molecular flexibility index (Phi) is 6.03. The third-order valence-electron chi connectivity index (χ3n) is 8.37. The molecular weight excluding hydrogens is 504 g/mol. The molecule has 0 aromatic heterocycles. The summed E-state index contributed by atoms with van der Waals surface area (Å²) in [7, 11) is -1.92. The molecule has 0 saturated carbocycles. The molecule has 0 atom stereocenters. The van der Waals surface area contributed by atoms with Crippen molar-refractivity contribution in [1.29, 1.82) is 0 Å². The predicted octanol–water partition coefficient (Wildman–Crippen LogP) is 7.95. The zero-order chi connectivity index (χ0) is 22.7. The van der Waals surface area contributed by atoms with Crippen LogP contribution in [0.5, 0.6) is 0 Å². The van der Waals surface area contributed by atoms with Crippen LogP contribution < -0.4 is 10.4 Å². The van der Waals surface area contributed by atoms with Crippen molar-refractivity contribution in [1.82, 2.24) is 0 Å². The van der Waals surface area contributed by atoms with Gasteiger partial charge in [-0.05, 0) is 0 Å². The van der Waals surface area contributed by atoms with E-state index < -0.39 is 8.07 Å². The third kappa shape index (κ3) is 3.19. The van der Waals surface area contributed by atoms with Crippen LogP contribution in [0.2, 0.25) is 12.1 Å². The van der Waals surface area contributed by atoms with Crippen molar-refractivity contribution >= 4 is 61.5 Å². The van der Waals surface area contributed by atoms with Crippen molar-refractivity contribution in [2.45, 2.75) is 39.8 Å². The minimum Gasteiger partial charge on any atom is -0.126 e. The summed E-state index contributed by atoms with van der Waals surface area (Å²) in [6, 6.07) is 34.7. The second kappa shape index (κ2) is 8.74. The van der Waals surface area contributed by atoms with Crippen LogP contribution in [0.4, 0.5) is 0 Å². The van der Waals surface area contributed by atoms with Crippen molar-refractivity contribution in [3.63, 3.8) is 0 Å². The monoisotopic (exact) mass is 532 g/mol. The average molecular weight is 534 g/mol. The largest absolute Gasteiger partial charge is 2.00 e. The Balaban J connectivity index is 0.00000241. The molecule has 0 aliphatic heterocycles. The minimum atomic E-state index is -1.92. The van der Waals surface area contributed by atoms with Gasteiger partial charge in [-0.25, -0.2) is 0 Å². The molecule has 166 valence electrons. The number of aryl methyl sites for hydroxylation is 2. The van der Waals surface area contributed by atoms with Crippen LogP contribution in [0.25, 0.3) is 43.1 Å². The molecule has 6 aromatic rings. The van der Waals surface area contributed by atoms with Gasteiger partial charge in [-0.3, -0.25) is 0 Å². The molecule has 6 rings (SSSR count). The molecule has 0 amide bonds. The molecule has 0 bridgehead atoms. The Morgan fingerprint density at radius 1 is 0.559 bits per heavy atom. The molecule has 0 aliphatic carbocycles. The summed E-state index contributed by atoms with van der Waals surface area (Å²) in [4.78, 5) is 0. The molecule has 34 heavy (non-hydrogen) atoms. The first-order valence-corrected chi connectivity index (χ1v) is 14.7. The van der Waals surface area contributed by atoms with Crippen molar-refractivity contribution in [3.8, 4) is 0 Å². The summed E-state index contributed by atoms with van der Waals surface area (Å²) in [6.07, 6.45) is 0. The third-order valence-corrected chi connectivity index (χ3v) is 13.9. The van der Waals surface area contributed by atoms with Gasteiger partial charge in [0.05, 0.1) is 0 Å². The van der Waals surface area contributed by atoms with Crippen molar-refractivity contribution in [2.24, 2.45) is 0 Å². The normalized spacial score (nSPS) is 12.1. The van der Waals surface area contributed by atoms with Crippen LogP contribution in [0, 0.1) is 13.8 Å². The van der Waals surface area contributed by atoms with E-state index >= 15 is 0 Å². The molecule has 6 aromatic carbocycles. The topological polar surface area (TPSA) is 0 Å². The fraction of sp³-hybridized carbons (Fsp3) is 0.188. The van der Waals surface area contributed by atoms with E-state index in [1.807, 2.05) is 0 Å². The summed E-state index contributed by atoms with van der Waals surface area (Å²) in [5.74, 6) is 0. The SMILES string of the molecule is CC[Si](CC)(c1ccc2c([cH-]c3ccccc32)c1C)c1ccc2c([cH-]c3ccccc32)c1C.[Zr+2]. The van der Waals surface area contributed by atoms with Crippen LogP contribution >= 0.6 is 0 Å². The van der Waals surface area contributed by atoms with Gasteiger partial charge in [0, 0.05) is 0 Å². The van der Waals surface area contributed by atoms with Crippen molar-refractivity contribution < 1.29 is 26.2 Å². The average Bonchev–Trinajstić information content (AvgIpc) is 3.42. The first-order valence-electron chi connectivity index (χ1n) is 12.3. The summed E-state index contributed by atoms with van der Waals surface area (Å²) >= 11 is 0. The number of benzene rings is 4. The van der Waals surface area contributed by atoms with E-state index in [0.717, 1.165) is 0 Å². The number of hydrogen-bond acceptors (Lipinski definition) is 0. The summed E-state index contributed by atoms with van der Waals surface area (Å²) in [6.45, 7) is 9.58. The van der Waals surface area contributed by atoms with E-state index in [1.165, 1.54) is 66.3 Å². The summed E-state index contributed by atoms with van der Waals surface area (Å²) in [5.41, 5.74) is 2.98. The molecule has 0 N–H and O–H groups in total. The molecule has 0 unspecified atom stereocenters. The Bertz CT molecular complexity index is 1540. The zero-order valence-corrected chi connectivity index (χ0v) is 24.0. The van der Waals surface area contributed by atoms with Crippen LogP contribution in [0.15, 0.2) is 84.9 Å². The van der Waals surface area contributed by atoms with E-state index in [1.54, 1.807) is 10.4 Å². The number of rotatable bonds is 4. The van der Waals surface area contributed by atoms with E-state index in [0.29, 0.717) is 0 Å². The van der Waals surface area contributed by atoms with Gasteiger partial charge in [0.15, 0.2) is 0 Å². The van der Waals surface area contributed by atoms with Crippen LogP contribution in [-0.2, 0) is 26.2 Å². The maximum Gasteiger partial charge on any atom is 2.00 e. The van der Waals surface area contributed by atoms with Crippen LogP contribution in [0.1, 0.15) is 25.0 Å². The van der Waals surface area contributed by atoms with Gasteiger partial charge in [-0.2, -0.15) is 0 Å². The quantitative estimate of drug-likeness (QED) is 0.159. The van der Waals surface area contributed by atoms with E-state index in [2.05, 4.69) is 113 Å². The molecule has 0 heterocycles.